The molecule has 0 unspecified atom stereocenters. The quantitative estimate of drug-likeness (QED) is 0.799. The largest absolute Gasteiger partial charge is 0.497 e. The summed E-state index contributed by atoms with van der Waals surface area (Å²) in [6.45, 7) is 2.43. The van der Waals surface area contributed by atoms with E-state index in [2.05, 4.69) is 6.08 Å². The van der Waals surface area contributed by atoms with Gasteiger partial charge in [-0.05, 0) is 31.0 Å². The van der Waals surface area contributed by atoms with Crippen molar-refractivity contribution in [3.05, 3.63) is 42.0 Å². The maximum absolute atomic E-state index is 12.1. The molecule has 112 valence electrons. The molecule has 0 radical (unpaired) electrons. The number of benzene rings is 1. The summed E-state index contributed by atoms with van der Waals surface area (Å²) in [5.74, 6) is 0.958. The summed E-state index contributed by atoms with van der Waals surface area (Å²) in [5, 5.41) is 0. The zero-order chi connectivity index (χ0) is 14.9. The SMILES string of the molecule is COc1ccc(CO[C@@H]2C=CC[C@@]3(C)CC(=O)[C@@H]2O3)cc1. The van der Waals surface area contributed by atoms with E-state index in [1.165, 1.54) is 0 Å². The van der Waals surface area contributed by atoms with E-state index in [1.54, 1.807) is 7.11 Å². The molecule has 1 fully saturated rings. The Kier molecular flexibility index (Phi) is 3.83. The molecule has 2 aliphatic rings. The second-order valence-electron chi connectivity index (χ2n) is 5.89. The molecule has 4 nitrogen and oxygen atoms in total. The predicted molar refractivity (Wildman–Crippen MR) is 78.2 cm³/mol. The van der Waals surface area contributed by atoms with E-state index in [-0.39, 0.29) is 17.5 Å². The van der Waals surface area contributed by atoms with Gasteiger partial charge in [-0.1, -0.05) is 24.3 Å². The average molecular weight is 288 g/mol. The monoisotopic (exact) mass is 288 g/mol. The van der Waals surface area contributed by atoms with Crippen molar-refractivity contribution in [2.45, 2.75) is 44.2 Å². The van der Waals surface area contributed by atoms with Crippen molar-refractivity contribution in [3.63, 3.8) is 0 Å². The summed E-state index contributed by atoms with van der Waals surface area (Å²) in [4.78, 5) is 12.1. The van der Waals surface area contributed by atoms with Gasteiger partial charge in [-0.25, -0.2) is 0 Å². The number of ketones is 1. The number of fused-ring (bicyclic) bond motifs is 2. The smallest absolute Gasteiger partial charge is 0.167 e. The highest BCUT2D eigenvalue weighted by Crippen LogP contribution is 2.36. The zero-order valence-electron chi connectivity index (χ0n) is 12.4. The molecule has 0 N–H and O–H groups in total. The lowest BCUT2D eigenvalue weighted by atomic mass is 9.94. The molecule has 0 aromatic heterocycles. The van der Waals surface area contributed by atoms with E-state index in [1.807, 2.05) is 37.3 Å². The van der Waals surface area contributed by atoms with Gasteiger partial charge in [0.2, 0.25) is 0 Å². The first-order valence-corrected chi connectivity index (χ1v) is 7.21. The van der Waals surface area contributed by atoms with Crippen LogP contribution in [0.5, 0.6) is 5.75 Å². The summed E-state index contributed by atoms with van der Waals surface area (Å²) in [6.07, 6.45) is 4.49. The standard InChI is InChI=1S/C17H20O4/c1-17-9-3-4-15(16(21-17)14(18)10-17)20-11-12-5-7-13(19-2)8-6-12/h3-8,15-16H,9-11H2,1-2H3/t15-,16+,17+/m1/s1. The van der Waals surface area contributed by atoms with Crippen LogP contribution in [0.15, 0.2) is 36.4 Å². The molecule has 2 heterocycles. The van der Waals surface area contributed by atoms with E-state index < -0.39 is 6.10 Å². The maximum atomic E-state index is 12.1. The van der Waals surface area contributed by atoms with Gasteiger partial charge in [-0.15, -0.1) is 0 Å². The van der Waals surface area contributed by atoms with Crippen LogP contribution in [0.3, 0.4) is 0 Å². The Bertz CT molecular complexity index is 548. The molecule has 3 rings (SSSR count). The second kappa shape index (κ2) is 5.62. The van der Waals surface area contributed by atoms with Crippen molar-refractivity contribution in [1.29, 1.82) is 0 Å². The number of Topliss-reactive ketones (excluding diaryl/α,β-unsaturated/α-hetero) is 1. The van der Waals surface area contributed by atoms with Gasteiger partial charge in [0.15, 0.2) is 5.78 Å². The fourth-order valence-electron chi connectivity index (χ4n) is 2.86. The van der Waals surface area contributed by atoms with E-state index in [0.29, 0.717) is 13.0 Å². The molecule has 0 aliphatic carbocycles. The molecule has 0 amide bonds. The predicted octanol–water partition coefficient (Wildman–Crippen LogP) is 2.66. The van der Waals surface area contributed by atoms with Gasteiger partial charge in [0.05, 0.1) is 19.3 Å². The fraction of sp³-hybridized carbons (Fsp3) is 0.471. The highest BCUT2D eigenvalue weighted by atomic mass is 16.6. The first-order valence-electron chi connectivity index (χ1n) is 7.21. The lowest BCUT2D eigenvalue weighted by Gasteiger charge is -2.22. The molecule has 0 spiro atoms. The Morgan fingerprint density at radius 3 is 2.81 bits per heavy atom. The normalized spacial score (nSPS) is 31.2. The minimum absolute atomic E-state index is 0.140. The Morgan fingerprint density at radius 2 is 2.10 bits per heavy atom. The highest BCUT2D eigenvalue weighted by molar-refractivity contribution is 5.87. The summed E-state index contributed by atoms with van der Waals surface area (Å²) in [6, 6.07) is 7.72. The summed E-state index contributed by atoms with van der Waals surface area (Å²) < 4.78 is 16.9. The van der Waals surface area contributed by atoms with Gasteiger partial charge in [0.25, 0.3) is 0 Å². The molecule has 2 bridgehead atoms. The van der Waals surface area contributed by atoms with Crippen LogP contribution in [-0.4, -0.2) is 30.7 Å². The molecule has 2 aliphatic heterocycles. The van der Waals surface area contributed by atoms with Gasteiger partial charge in [0, 0.05) is 6.42 Å². The first-order chi connectivity index (χ1) is 10.1. The Morgan fingerprint density at radius 1 is 1.33 bits per heavy atom. The molecular formula is C17H20O4. The summed E-state index contributed by atoms with van der Waals surface area (Å²) in [5.41, 5.74) is 0.692. The van der Waals surface area contributed by atoms with E-state index in [0.717, 1.165) is 17.7 Å². The third-order valence-corrected chi connectivity index (χ3v) is 4.05. The maximum Gasteiger partial charge on any atom is 0.167 e. The lowest BCUT2D eigenvalue weighted by Crippen LogP contribution is -2.32. The van der Waals surface area contributed by atoms with Crippen molar-refractivity contribution < 1.29 is 19.0 Å². The molecular weight excluding hydrogens is 268 g/mol. The van der Waals surface area contributed by atoms with Gasteiger partial charge >= 0.3 is 0 Å². The van der Waals surface area contributed by atoms with Crippen LogP contribution in [0.25, 0.3) is 0 Å². The van der Waals surface area contributed by atoms with Gasteiger partial charge in [0.1, 0.15) is 18.0 Å². The number of carbonyl (C=O) groups excluding carboxylic acids is 1. The second-order valence-corrected chi connectivity index (χ2v) is 5.89. The van der Waals surface area contributed by atoms with Gasteiger partial charge in [-0.3, -0.25) is 4.79 Å². The molecule has 1 aromatic rings. The summed E-state index contributed by atoms with van der Waals surface area (Å²) >= 11 is 0. The zero-order valence-corrected chi connectivity index (χ0v) is 12.4. The molecule has 3 atom stereocenters. The minimum atomic E-state index is -0.466. The average Bonchev–Trinajstić information content (AvgIpc) is 2.67. The number of hydrogen-bond donors (Lipinski definition) is 0. The van der Waals surface area contributed by atoms with E-state index in [9.17, 15) is 4.79 Å². The van der Waals surface area contributed by atoms with E-state index in [4.69, 9.17) is 14.2 Å². The lowest BCUT2D eigenvalue weighted by molar-refractivity contribution is -0.132. The van der Waals surface area contributed by atoms with Crippen molar-refractivity contribution in [3.8, 4) is 5.75 Å². The number of hydrogen-bond acceptors (Lipinski definition) is 4. The third kappa shape index (κ3) is 3.01. The van der Waals surface area contributed by atoms with Gasteiger partial charge in [-0.2, -0.15) is 0 Å². The Balaban J connectivity index is 1.65. The fourth-order valence-corrected chi connectivity index (χ4v) is 2.86. The molecule has 1 aromatic carbocycles. The molecule has 0 saturated carbocycles. The number of methoxy groups -OCH3 is 1. The van der Waals surface area contributed by atoms with Crippen LogP contribution in [-0.2, 0) is 20.9 Å². The van der Waals surface area contributed by atoms with Crippen LogP contribution < -0.4 is 4.74 Å². The van der Waals surface area contributed by atoms with Crippen LogP contribution in [0, 0.1) is 0 Å². The molecule has 4 heteroatoms. The Hall–Kier alpha value is -1.65. The Labute approximate surface area is 124 Å². The van der Waals surface area contributed by atoms with Crippen molar-refractivity contribution in [2.75, 3.05) is 7.11 Å². The number of carbonyl (C=O) groups is 1. The van der Waals surface area contributed by atoms with Crippen LogP contribution in [0.4, 0.5) is 0 Å². The van der Waals surface area contributed by atoms with Crippen molar-refractivity contribution >= 4 is 5.78 Å². The number of rotatable bonds is 4. The van der Waals surface area contributed by atoms with Crippen molar-refractivity contribution in [1.82, 2.24) is 0 Å². The first kappa shape index (κ1) is 14.3. The molecule has 1 saturated heterocycles. The van der Waals surface area contributed by atoms with Crippen LogP contribution in [0.1, 0.15) is 25.3 Å². The highest BCUT2D eigenvalue weighted by Gasteiger charge is 2.46. The van der Waals surface area contributed by atoms with Crippen molar-refractivity contribution in [2.24, 2.45) is 0 Å². The third-order valence-electron chi connectivity index (χ3n) is 4.05. The molecule has 21 heavy (non-hydrogen) atoms. The number of ether oxygens (including phenoxy) is 3. The van der Waals surface area contributed by atoms with E-state index >= 15 is 0 Å². The van der Waals surface area contributed by atoms with Crippen LogP contribution >= 0.6 is 0 Å². The van der Waals surface area contributed by atoms with Gasteiger partial charge < -0.3 is 14.2 Å². The topological polar surface area (TPSA) is 44.8 Å². The summed E-state index contributed by atoms with van der Waals surface area (Å²) in [7, 11) is 1.64. The minimum Gasteiger partial charge on any atom is -0.497 e. The van der Waals surface area contributed by atoms with Crippen LogP contribution in [0.2, 0.25) is 0 Å².